The van der Waals surface area contributed by atoms with Gasteiger partial charge in [0.25, 0.3) is 11.5 Å². The minimum atomic E-state index is -0.220. The molecule has 1 fully saturated rings. The first kappa shape index (κ1) is 13.3. The zero-order chi connectivity index (χ0) is 14.3. The fourth-order valence-corrected chi connectivity index (χ4v) is 3.81. The third-order valence-electron chi connectivity index (χ3n) is 3.78. The molecule has 1 saturated heterocycles. The lowest BCUT2D eigenvalue weighted by Crippen LogP contribution is -2.37. The van der Waals surface area contributed by atoms with E-state index < -0.39 is 0 Å². The van der Waals surface area contributed by atoms with Gasteiger partial charge in [0.2, 0.25) is 0 Å². The Morgan fingerprint density at radius 3 is 3.15 bits per heavy atom. The third kappa shape index (κ3) is 1.94. The van der Waals surface area contributed by atoms with Crippen LogP contribution in [0.1, 0.15) is 28.1 Å². The van der Waals surface area contributed by atoms with E-state index in [1.807, 2.05) is 0 Å². The fraction of sp³-hybridized carbons (Fsp3) is 0.462. The molecule has 106 valence electrons. The maximum Gasteiger partial charge on any atom is 0.264 e. The van der Waals surface area contributed by atoms with E-state index in [1.165, 1.54) is 17.7 Å². The standard InChI is InChI=1S/C13H15N3O3S/c1-7-9-11(18)14-6-15-12(9)20-10(7)13(19)16-4-2-3-8(16)5-17/h6,8,17H,2-5H2,1H3,(H,14,15,18)/t8-/m0/s1. The number of aromatic nitrogens is 2. The highest BCUT2D eigenvalue weighted by atomic mass is 32.1. The summed E-state index contributed by atoms with van der Waals surface area (Å²) in [4.78, 5) is 33.9. The second-order valence-corrected chi connectivity index (χ2v) is 5.94. The molecule has 1 aliphatic rings. The molecule has 0 spiro atoms. The Morgan fingerprint density at radius 2 is 2.45 bits per heavy atom. The van der Waals surface area contributed by atoms with Crippen LogP contribution in [0.2, 0.25) is 0 Å². The molecule has 2 aromatic rings. The van der Waals surface area contributed by atoms with Gasteiger partial charge in [-0.15, -0.1) is 11.3 Å². The maximum atomic E-state index is 12.6. The molecule has 0 bridgehead atoms. The number of H-pyrrole nitrogens is 1. The van der Waals surface area contributed by atoms with E-state index in [0.717, 1.165) is 12.8 Å². The number of carbonyl (C=O) groups is 1. The van der Waals surface area contributed by atoms with Crippen molar-refractivity contribution in [2.75, 3.05) is 13.2 Å². The second kappa shape index (κ2) is 4.99. The van der Waals surface area contributed by atoms with Crippen LogP contribution in [0.25, 0.3) is 10.2 Å². The van der Waals surface area contributed by atoms with Gasteiger partial charge < -0.3 is 15.0 Å². The largest absolute Gasteiger partial charge is 0.394 e. The number of aryl methyl sites for hydroxylation is 1. The molecule has 3 rings (SSSR count). The number of likely N-dealkylation sites (tertiary alicyclic amines) is 1. The molecule has 0 radical (unpaired) electrons. The summed E-state index contributed by atoms with van der Waals surface area (Å²) in [5.74, 6) is -0.110. The number of fused-ring (bicyclic) bond motifs is 1. The van der Waals surface area contributed by atoms with E-state index in [1.54, 1.807) is 11.8 Å². The van der Waals surface area contributed by atoms with Crippen LogP contribution < -0.4 is 5.56 Å². The summed E-state index contributed by atoms with van der Waals surface area (Å²) in [5.41, 5.74) is 0.455. The summed E-state index contributed by atoms with van der Waals surface area (Å²) in [6.45, 7) is 2.41. The summed E-state index contributed by atoms with van der Waals surface area (Å²) in [6.07, 6.45) is 3.08. The molecule has 0 unspecified atom stereocenters. The van der Waals surface area contributed by atoms with Gasteiger partial charge in [0.1, 0.15) is 4.83 Å². The van der Waals surface area contributed by atoms with Crippen molar-refractivity contribution in [2.45, 2.75) is 25.8 Å². The van der Waals surface area contributed by atoms with Crippen LogP contribution in [0, 0.1) is 6.92 Å². The van der Waals surface area contributed by atoms with Crippen LogP contribution in [-0.4, -0.2) is 45.1 Å². The normalized spacial score (nSPS) is 18.9. The Morgan fingerprint density at radius 1 is 1.65 bits per heavy atom. The van der Waals surface area contributed by atoms with Crippen LogP contribution in [-0.2, 0) is 0 Å². The fourth-order valence-electron chi connectivity index (χ4n) is 2.71. The highest BCUT2D eigenvalue weighted by Gasteiger charge is 2.31. The lowest BCUT2D eigenvalue weighted by Gasteiger charge is -2.22. The van der Waals surface area contributed by atoms with Gasteiger partial charge in [-0.1, -0.05) is 0 Å². The quantitative estimate of drug-likeness (QED) is 0.861. The Labute approximate surface area is 119 Å². The lowest BCUT2D eigenvalue weighted by molar-refractivity contribution is 0.0682. The first-order valence-corrected chi connectivity index (χ1v) is 7.33. The van der Waals surface area contributed by atoms with E-state index in [9.17, 15) is 14.7 Å². The van der Waals surface area contributed by atoms with Gasteiger partial charge in [-0.05, 0) is 25.3 Å². The number of aromatic amines is 1. The van der Waals surface area contributed by atoms with E-state index in [4.69, 9.17) is 0 Å². The van der Waals surface area contributed by atoms with Crippen molar-refractivity contribution in [3.8, 4) is 0 Å². The number of thiophene rings is 1. The van der Waals surface area contributed by atoms with Crippen molar-refractivity contribution in [1.29, 1.82) is 0 Å². The van der Waals surface area contributed by atoms with Gasteiger partial charge in [-0.2, -0.15) is 0 Å². The van der Waals surface area contributed by atoms with Crippen molar-refractivity contribution in [1.82, 2.24) is 14.9 Å². The topological polar surface area (TPSA) is 86.3 Å². The Bertz CT molecular complexity index is 721. The first-order chi connectivity index (χ1) is 9.63. The maximum absolute atomic E-state index is 12.6. The number of nitrogens with zero attached hydrogens (tertiary/aromatic N) is 2. The SMILES string of the molecule is Cc1c(C(=O)N2CCC[C@H]2CO)sc2nc[nH]c(=O)c12. The molecule has 7 heteroatoms. The number of amides is 1. The molecule has 3 heterocycles. The summed E-state index contributed by atoms with van der Waals surface area (Å²) in [7, 11) is 0. The minimum absolute atomic E-state index is 0.0193. The van der Waals surface area contributed by atoms with Gasteiger partial charge in [0.05, 0.1) is 29.2 Å². The number of rotatable bonds is 2. The number of aliphatic hydroxyl groups excluding tert-OH is 1. The lowest BCUT2D eigenvalue weighted by atomic mass is 10.2. The predicted molar refractivity (Wildman–Crippen MR) is 76.1 cm³/mol. The van der Waals surface area contributed by atoms with E-state index in [2.05, 4.69) is 9.97 Å². The van der Waals surface area contributed by atoms with Gasteiger partial charge in [0.15, 0.2) is 0 Å². The first-order valence-electron chi connectivity index (χ1n) is 6.52. The van der Waals surface area contributed by atoms with Crippen molar-refractivity contribution < 1.29 is 9.90 Å². The van der Waals surface area contributed by atoms with Gasteiger partial charge >= 0.3 is 0 Å². The van der Waals surface area contributed by atoms with E-state index in [0.29, 0.717) is 27.2 Å². The number of nitrogens with one attached hydrogen (secondary N) is 1. The molecule has 0 aromatic carbocycles. The Kier molecular flexibility index (Phi) is 3.31. The van der Waals surface area contributed by atoms with Crippen LogP contribution >= 0.6 is 11.3 Å². The zero-order valence-corrected chi connectivity index (χ0v) is 11.9. The number of carbonyl (C=O) groups excluding carboxylic acids is 1. The molecule has 0 saturated carbocycles. The number of hydrogen-bond donors (Lipinski definition) is 2. The molecular weight excluding hydrogens is 278 g/mol. The third-order valence-corrected chi connectivity index (χ3v) is 4.96. The summed E-state index contributed by atoms with van der Waals surface area (Å²) >= 11 is 1.24. The summed E-state index contributed by atoms with van der Waals surface area (Å²) in [6, 6.07) is -0.113. The van der Waals surface area contributed by atoms with Crippen molar-refractivity contribution in [2.24, 2.45) is 0 Å². The summed E-state index contributed by atoms with van der Waals surface area (Å²) < 4.78 is 0. The monoisotopic (exact) mass is 293 g/mol. The summed E-state index contributed by atoms with van der Waals surface area (Å²) in [5, 5.41) is 9.81. The van der Waals surface area contributed by atoms with E-state index >= 15 is 0 Å². The number of aliphatic hydroxyl groups is 1. The second-order valence-electron chi connectivity index (χ2n) is 4.95. The molecular formula is C13H15N3O3S. The van der Waals surface area contributed by atoms with Crippen LogP contribution in [0.4, 0.5) is 0 Å². The number of hydrogen-bond acceptors (Lipinski definition) is 5. The van der Waals surface area contributed by atoms with Crippen molar-refractivity contribution in [3.63, 3.8) is 0 Å². The highest BCUT2D eigenvalue weighted by molar-refractivity contribution is 7.20. The minimum Gasteiger partial charge on any atom is -0.394 e. The molecule has 0 aliphatic carbocycles. The van der Waals surface area contributed by atoms with Gasteiger partial charge in [-0.25, -0.2) is 4.98 Å². The molecule has 1 aliphatic heterocycles. The Hall–Kier alpha value is -1.73. The van der Waals surface area contributed by atoms with E-state index in [-0.39, 0.29) is 24.1 Å². The average molecular weight is 293 g/mol. The van der Waals surface area contributed by atoms with Crippen LogP contribution in [0.3, 0.4) is 0 Å². The highest BCUT2D eigenvalue weighted by Crippen LogP contribution is 2.30. The zero-order valence-electron chi connectivity index (χ0n) is 11.0. The van der Waals surface area contributed by atoms with Gasteiger partial charge in [0, 0.05) is 6.54 Å². The Balaban J connectivity index is 2.06. The van der Waals surface area contributed by atoms with Crippen LogP contribution in [0.5, 0.6) is 0 Å². The smallest absolute Gasteiger partial charge is 0.264 e. The molecule has 20 heavy (non-hydrogen) atoms. The van der Waals surface area contributed by atoms with Gasteiger partial charge in [-0.3, -0.25) is 9.59 Å². The predicted octanol–water partition coefficient (Wildman–Crippen LogP) is 0.890. The molecule has 2 N–H and O–H groups in total. The van der Waals surface area contributed by atoms with Crippen LogP contribution in [0.15, 0.2) is 11.1 Å². The average Bonchev–Trinajstić information content (AvgIpc) is 3.03. The van der Waals surface area contributed by atoms with Crippen molar-refractivity contribution in [3.05, 3.63) is 27.1 Å². The molecule has 2 aromatic heterocycles. The van der Waals surface area contributed by atoms with Crippen molar-refractivity contribution >= 4 is 27.5 Å². The molecule has 1 amide bonds. The molecule has 1 atom stereocenters. The molecule has 6 nitrogen and oxygen atoms in total.